The Hall–Kier alpha value is -1.54. The van der Waals surface area contributed by atoms with Crippen LogP contribution in [0.2, 0.25) is 0 Å². The van der Waals surface area contributed by atoms with E-state index in [1.807, 2.05) is 20.5 Å². The number of hydrogen-bond donors (Lipinski definition) is 1. The van der Waals surface area contributed by atoms with Crippen molar-refractivity contribution in [1.29, 1.82) is 0 Å². The lowest BCUT2D eigenvalue weighted by molar-refractivity contribution is -0.157. The Labute approximate surface area is 201 Å². The molecule has 180 valence electrons. The van der Waals surface area contributed by atoms with Gasteiger partial charge in [0.25, 0.3) is 0 Å². The summed E-state index contributed by atoms with van der Waals surface area (Å²) in [7, 11) is -1.34. The molecule has 0 aliphatic heterocycles. The van der Waals surface area contributed by atoms with Crippen LogP contribution in [0.3, 0.4) is 0 Å². The monoisotopic (exact) mass is 551 g/mol. The first-order valence-electron chi connectivity index (χ1n) is 9.92. The van der Waals surface area contributed by atoms with Crippen LogP contribution in [0.5, 0.6) is 5.75 Å². The van der Waals surface area contributed by atoms with E-state index in [0.717, 1.165) is 12.1 Å². The molecule has 0 aliphatic rings. The molecule has 1 N–H and O–H groups in total. The summed E-state index contributed by atoms with van der Waals surface area (Å²) in [6.45, 7) is 11.0. The molecule has 1 unspecified atom stereocenters. The summed E-state index contributed by atoms with van der Waals surface area (Å²) >= 11 is 3.34. The van der Waals surface area contributed by atoms with Crippen LogP contribution in [0.1, 0.15) is 40.2 Å². The Morgan fingerprint density at radius 3 is 2.16 bits per heavy atom. The minimum atomic E-state index is -3.76. The van der Waals surface area contributed by atoms with Crippen LogP contribution in [-0.4, -0.2) is 33.3 Å². The largest absolute Gasteiger partial charge is 0.481 e. The van der Waals surface area contributed by atoms with Gasteiger partial charge in [0.05, 0.1) is 9.37 Å². The lowest BCUT2D eigenvalue weighted by Crippen LogP contribution is -2.27. The summed E-state index contributed by atoms with van der Waals surface area (Å²) < 4.78 is 51.0. The van der Waals surface area contributed by atoms with Crippen LogP contribution in [-0.2, 0) is 26.1 Å². The van der Waals surface area contributed by atoms with E-state index in [0.29, 0.717) is 15.8 Å². The van der Waals surface area contributed by atoms with E-state index >= 15 is 0 Å². The summed E-state index contributed by atoms with van der Waals surface area (Å²) in [4.78, 5) is 11.7. The fourth-order valence-electron chi connectivity index (χ4n) is 2.15. The predicted octanol–water partition coefficient (Wildman–Crippen LogP) is 5.30. The van der Waals surface area contributed by atoms with E-state index in [2.05, 4.69) is 29.9 Å². The maximum Gasteiger partial charge on any atom is 0.344 e. The van der Waals surface area contributed by atoms with E-state index in [1.165, 1.54) is 12.1 Å². The molecule has 0 bridgehead atoms. The fraction of sp³-hybridized carbons (Fsp3) is 0.409. The summed E-state index contributed by atoms with van der Waals surface area (Å²) in [5.74, 6) is -0.573. The number of benzene rings is 2. The second-order valence-corrected chi connectivity index (χ2v) is 9.54. The molecule has 0 saturated heterocycles. The van der Waals surface area contributed by atoms with Crippen LogP contribution < -0.4 is 9.46 Å². The first-order chi connectivity index (χ1) is 15.0. The van der Waals surface area contributed by atoms with E-state index in [-0.39, 0.29) is 18.0 Å². The molecule has 0 saturated carbocycles. The van der Waals surface area contributed by atoms with Gasteiger partial charge in [0.15, 0.2) is 6.61 Å². The standard InChI is InChI=1S/C19H21BrFNO5S.C2H6.CH5P/c1-19(2,3)27-18(23)12-26-17-9-4-13(10-16(17)20)11-22-28(24,25)15-7-5-14(21)6-8-15;2*1-2/h4-10,22H,11-12H2,1-3H3;1-2H3;2H2,1H3. The molecule has 1 atom stereocenters. The van der Waals surface area contributed by atoms with Crippen molar-refractivity contribution in [2.75, 3.05) is 13.3 Å². The van der Waals surface area contributed by atoms with Crippen molar-refractivity contribution in [3.8, 4) is 5.75 Å². The third-order valence-electron chi connectivity index (χ3n) is 3.35. The molecule has 10 heteroatoms. The van der Waals surface area contributed by atoms with Crippen molar-refractivity contribution in [2.24, 2.45) is 0 Å². The number of halogens is 2. The minimum Gasteiger partial charge on any atom is -0.481 e. The van der Waals surface area contributed by atoms with Crippen LogP contribution >= 0.6 is 25.2 Å². The number of hydrogen-bond acceptors (Lipinski definition) is 5. The highest BCUT2D eigenvalue weighted by molar-refractivity contribution is 9.10. The summed E-state index contributed by atoms with van der Waals surface area (Å²) in [5.41, 5.74) is 0.0747. The number of ether oxygens (including phenoxy) is 2. The van der Waals surface area contributed by atoms with Crippen LogP contribution in [0, 0.1) is 5.82 Å². The van der Waals surface area contributed by atoms with Crippen molar-refractivity contribution in [1.82, 2.24) is 4.72 Å². The summed E-state index contributed by atoms with van der Waals surface area (Å²) in [6.07, 6.45) is 0. The lowest BCUT2D eigenvalue weighted by atomic mass is 10.2. The Bertz CT molecular complexity index is 948. The molecule has 0 aromatic heterocycles. The van der Waals surface area contributed by atoms with Gasteiger partial charge in [-0.1, -0.05) is 26.6 Å². The average Bonchev–Trinajstić information content (AvgIpc) is 2.73. The molecule has 0 spiro atoms. The number of esters is 1. The van der Waals surface area contributed by atoms with Crippen molar-refractivity contribution in [3.63, 3.8) is 0 Å². The van der Waals surface area contributed by atoms with Gasteiger partial charge in [-0.3, -0.25) is 0 Å². The van der Waals surface area contributed by atoms with Crippen molar-refractivity contribution >= 4 is 41.2 Å². The predicted molar refractivity (Wildman–Crippen MR) is 133 cm³/mol. The number of rotatable bonds is 7. The number of carbonyl (C=O) groups is 1. The van der Waals surface area contributed by atoms with Crippen LogP contribution in [0.25, 0.3) is 0 Å². The molecule has 0 fully saturated rings. The topological polar surface area (TPSA) is 81.7 Å². The highest BCUT2D eigenvalue weighted by Gasteiger charge is 2.17. The quantitative estimate of drug-likeness (QED) is 0.372. The molecule has 0 heterocycles. The molecule has 32 heavy (non-hydrogen) atoms. The Kier molecular flexibility index (Phi) is 13.9. The van der Waals surface area contributed by atoms with Crippen LogP contribution in [0.15, 0.2) is 51.8 Å². The first-order valence-corrected chi connectivity index (χ1v) is 13.4. The maximum absolute atomic E-state index is 12.9. The zero-order valence-electron chi connectivity index (χ0n) is 19.2. The molecule has 0 amide bonds. The van der Waals surface area contributed by atoms with Crippen molar-refractivity contribution in [3.05, 3.63) is 58.3 Å². The van der Waals surface area contributed by atoms with Gasteiger partial charge in [0.1, 0.15) is 17.2 Å². The molecule has 6 nitrogen and oxygen atoms in total. The Morgan fingerprint density at radius 1 is 1.09 bits per heavy atom. The van der Waals surface area contributed by atoms with E-state index in [9.17, 15) is 17.6 Å². The molecular weight excluding hydrogens is 520 g/mol. The van der Waals surface area contributed by atoms with Gasteiger partial charge >= 0.3 is 5.97 Å². The average molecular weight is 552 g/mol. The van der Waals surface area contributed by atoms with Gasteiger partial charge in [-0.25, -0.2) is 22.3 Å². The normalized spacial score (nSPS) is 10.8. The van der Waals surface area contributed by atoms with E-state index < -0.39 is 27.4 Å². The lowest BCUT2D eigenvalue weighted by Gasteiger charge is -2.19. The van der Waals surface area contributed by atoms with Crippen LogP contribution in [0.4, 0.5) is 4.39 Å². The van der Waals surface area contributed by atoms with Gasteiger partial charge in [0, 0.05) is 6.54 Å². The minimum absolute atomic E-state index is 0.0229. The fourth-order valence-corrected chi connectivity index (χ4v) is 3.71. The molecule has 2 aromatic rings. The van der Waals surface area contributed by atoms with Crippen molar-refractivity contribution in [2.45, 2.75) is 51.7 Å². The Morgan fingerprint density at radius 2 is 1.66 bits per heavy atom. The number of nitrogens with one attached hydrogen (secondary N) is 1. The third kappa shape index (κ3) is 11.4. The van der Waals surface area contributed by atoms with E-state index in [1.54, 1.807) is 39.0 Å². The zero-order chi connectivity index (χ0) is 24.9. The van der Waals surface area contributed by atoms with Crippen molar-refractivity contribution < 1.29 is 27.1 Å². The molecule has 2 rings (SSSR count). The molecular formula is C22H32BrFNO5PS. The smallest absolute Gasteiger partial charge is 0.344 e. The molecule has 0 radical (unpaired) electrons. The maximum atomic E-state index is 12.9. The zero-order valence-corrected chi connectivity index (χ0v) is 22.8. The second-order valence-electron chi connectivity index (χ2n) is 6.92. The first kappa shape index (κ1) is 30.5. The number of sulfonamides is 1. The van der Waals surface area contributed by atoms with E-state index in [4.69, 9.17) is 9.47 Å². The van der Waals surface area contributed by atoms with Gasteiger partial charge in [-0.15, -0.1) is 9.24 Å². The summed E-state index contributed by atoms with van der Waals surface area (Å²) in [6, 6.07) is 9.53. The van der Waals surface area contributed by atoms with Gasteiger partial charge < -0.3 is 9.47 Å². The SMILES string of the molecule is CC.CC(C)(C)OC(=O)COc1ccc(CNS(=O)(=O)c2ccc(F)cc2)cc1Br.CP. The summed E-state index contributed by atoms with van der Waals surface area (Å²) in [5, 5.41) is 0. The van der Waals surface area contributed by atoms with Gasteiger partial charge in [-0.2, -0.15) is 0 Å². The molecule has 2 aromatic carbocycles. The molecule has 0 aliphatic carbocycles. The third-order valence-corrected chi connectivity index (χ3v) is 5.39. The second kappa shape index (κ2) is 14.6. The Balaban J connectivity index is 0.00000227. The highest BCUT2D eigenvalue weighted by atomic mass is 79.9. The van der Waals surface area contributed by atoms with Gasteiger partial charge in [0.2, 0.25) is 10.0 Å². The highest BCUT2D eigenvalue weighted by Crippen LogP contribution is 2.26. The van der Waals surface area contributed by atoms with Gasteiger partial charge in [-0.05, 0) is 78.7 Å². The number of carbonyl (C=O) groups excluding carboxylic acids is 1.